The van der Waals surface area contributed by atoms with Crippen molar-refractivity contribution in [3.63, 3.8) is 0 Å². The molecule has 1 aliphatic heterocycles. The van der Waals surface area contributed by atoms with Gasteiger partial charge in [0.15, 0.2) is 10.9 Å². The van der Waals surface area contributed by atoms with Gasteiger partial charge in [0.2, 0.25) is 0 Å². The average molecular weight is 461 g/mol. The lowest BCUT2D eigenvalue weighted by molar-refractivity contribution is -0.0809. The normalized spacial score (nSPS) is 25.0. The lowest BCUT2D eigenvalue weighted by Crippen LogP contribution is -2.44. The second-order valence-corrected chi connectivity index (χ2v) is 17.6. The molecule has 1 rings (SSSR count). The Morgan fingerprint density at radius 2 is 1.04 bits per heavy atom. The van der Waals surface area contributed by atoms with Gasteiger partial charge in [-0.1, -0.05) is 23.6 Å². The highest BCUT2D eigenvalue weighted by atomic mass is 33.0. The van der Waals surface area contributed by atoms with E-state index in [9.17, 15) is 0 Å². The van der Waals surface area contributed by atoms with Crippen LogP contribution in [0.15, 0.2) is 0 Å². The molecule has 6 nitrogen and oxygen atoms in total. The van der Waals surface area contributed by atoms with Crippen LogP contribution in [0, 0.1) is 0 Å². The third kappa shape index (κ3) is 5.63. The van der Waals surface area contributed by atoms with Crippen LogP contribution in [0.4, 0.5) is 0 Å². The maximum Gasteiger partial charge on any atom is 0.194 e. The molecule has 0 aliphatic carbocycles. The Bertz CT molecular complexity index is 358. The van der Waals surface area contributed by atoms with Crippen LogP contribution < -0.4 is 0 Å². The third-order valence-electron chi connectivity index (χ3n) is 2.99. The van der Waals surface area contributed by atoms with Crippen molar-refractivity contribution in [3.05, 3.63) is 0 Å². The molecule has 0 saturated carbocycles. The summed E-state index contributed by atoms with van der Waals surface area (Å²) >= 11 is 11.0. The van der Waals surface area contributed by atoms with Crippen LogP contribution in [0.2, 0.25) is 0 Å². The molecule has 148 valence electrons. The van der Waals surface area contributed by atoms with Crippen LogP contribution in [-0.2, 0) is 49.8 Å². The van der Waals surface area contributed by atoms with Gasteiger partial charge in [0.1, 0.15) is 0 Å². The summed E-state index contributed by atoms with van der Waals surface area (Å²) in [6, 6.07) is 0. The molecule has 0 bridgehead atoms. The molecule has 4 unspecified atom stereocenters. The van der Waals surface area contributed by atoms with Crippen LogP contribution in [0.3, 0.4) is 0 Å². The Labute approximate surface area is 161 Å². The first-order valence-electron chi connectivity index (χ1n) is 7.95. The zero-order valence-electron chi connectivity index (χ0n) is 14.6. The Morgan fingerprint density at radius 1 is 0.750 bits per heavy atom. The maximum atomic E-state index is 6.10. The minimum absolute atomic E-state index is 0.415. The lowest BCUT2D eigenvalue weighted by Gasteiger charge is -2.55. The summed E-state index contributed by atoms with van der Waals surface area (Å²) in [6.45, 7) is 9.71. The minimum Gasteiger partial charge on any atom is -0.351 e. The van der Waals surface area contributed by atoms with Crippen molar-refractivity contribution in [1.29, 1.82) is 0 Å². The first-order valence-corrected chi connectivity index (χ1v) is 17.8. The second kappa shape index (κ2) is 12.3. The van der Waals surface area contributed by atoms with E-state index in [0.29, 0.717) is 39.6 Å². The molecule has 0 amide bonds. The van der Waals surface area contributed by atoms with E-state index in [2.05, 4.69) is 0 Å². The summed E-state index contributed by atoms with van der Waals surface area (Å²) in [6.07, 6.45) is 0. The van der Waals surface area contributed by atoms with E-state index in [1.165, 1.54) is 0 Å². The highest BCUT2D eigenvalue weighted by Gasteiger charge is 2.47. The van der Waals surface area contributed by atoms with Crippen molar-refractivity contribution in [2.75, 3.05) is 39.6 Å². The van der Waals surface area contributed by atoms with Crippen LogP contribution in [0.1, 0.15) is 27.7 Å². The summed E-state index contributed by atoms with van der Waals surface area (Å²) in [4.78, 5) is 0. The van der Waals surface area contributed by atoms with Gasteiger partial charge in [0.25, 0.3) is 0 Å². The molecule has 4 atom stereocenters. The predicted molar refractivity (Wildman–Crippen MR) is 115 cm³/mol. The van der Waals surface area contributed by atoms with E-state index >= 15 is 0 Å². The third-order valence-corrected chi connectivity index (χ3v) is 17.9. The van der Waals surface area contributed by atoms with Crippen LogP contribution in [-0.4, -0.2) is 50.5 Å². The van der Waals surface area contributed by atoms with Gasteiger partial charge in [0, 0.05) is 13.1 Å². The van der Waals surface area contributed by atoms with Gasteiger partial charge in [-0.25, -0.2) is 0 Å². The molecule has 1 heterocycles. The topological polar surface area (TPSA) is 55.4 Å². The van der Waals surface area contributed by atoms with E-state index in [1.54, 1.807) is 0 Å². The van der Waals surface area contributed by atoms with Gasteiger partial charge in [-0.3, -0.25) is 16.7 Å². The molecular weight excluding hydrogens is 430 g/mol. The van der Waals surface area contributed by atoms with Crippen LogP contribution in [0.5, 0.6) is 0 Å². The minimum atomic E-state index is -2.04. The molecule has 0 radical (unpaired) electrons. The van der Waals surface area contributed by atoms with Crippen molar-refractivity contribution in [1.82, 2.24) is 0 Å². The Hall–Kier alpha value is 1.76. The van der Waals surface area contributed by atoms with Gasteiger partial charge >= 0.3 is 0 Å². The van der Waals surface area contributed by atoms with Gasteiger partial charge in [-0.15, -0.1) is 20.4 Å². The summed E-state index contributed by atoms with van der Waals surface area (Å²) in [5, 5.41) is 0. The largest absolute Gasteiger partial charge is 0.351 e. The molecule has 0 aromatic rings. The summed E-state index contributed by atoms with van der Waals surface area (Å²) in [5.74, 6) is 0. The molecule has 1 saturated heterocycles. The Kier molecular flexibility index (Phi) is 12.2. The summed E-state index contributed by atoms with van der Waals surface area (Å²) < 4.78 is 36.4. The van der Waals surface area contributed by atoms with Gasteiger partial charge < -0.3 is 9.47 Å². The van der Waals surface area contributed by atoms with Crippen LogP contribution in [0.25, 0.3) is 0 Å². The maximum absolute atomic E-state index is 6.10. The van der Waals surface area contributed by atoms with Crippen molar-refractivity contribution in [2.45, 2.75) is 38.6 Å². The molecule has 1 aliphatic rings. The first kappa shape index (κ1) is 23.8. The number of rotatable bonds is 12. The van der Waals surface area contributed by atoms with Crippen LogP contribution >= 0.6 is 33.5 Å². The molecule has 0 N–H and O–H groups in total. The van der Waals surface area contributed by atoms with E-state index in [4.69, 9.17) is 49.8 Å². The fourth-order valence-electron chi connectivity index (χ4n) is 2.28. The number of hydrogen-bond acceptors (Lipinski definition) is 8. The van der Waals surface area contributed by atoms with E-state index in [0.717, 1.165) is 0 Å². The van der Waals surface area contributed by atoms with Gasteiger partial charge in [0.05, 0.1) is 39.6 Å². The van der Waals surface area contributed by atoms with Crippen molar-refractivity contribution < 1.29 is 26.2 Å². The fraction of sp³-hybridized carbons (Fsp3) is 1.00. The lowest BCUT2D eigenvalue weighted by atomic mass is 10.6. The van der Waals surface area contributed by atoms with Gasteiger partial charge in [-0.05, 0) is 27.7 Å². The molecule has 0 aromatic carbocycles. The predicted octanol–water partition coefficient (Wildman–Crippen LogP) is 3.68. The molecule has 0 spiro atoms. The Balaban J connectivity index is 3.29. The van der Waals surface area contributed by atoms with E-state index in [-0.39, 0.29) is 0 Å². The average Bonchev–Trinajstić information content (AvgIpc) is 2.61. The first-order chi connectivity index (χ1) is 11.6. The molecular formula is C12H30O6P2S4. The summed E-state index contributed by atoms with van der Waals surface area (Å²) in [7, 11) is -4.07. The highest BCUT2D eigenvalue weighted by molar-refractivity contribution is 8.75. The van der Waals surface area contributed by atoms with E-state index < -0.39 is 44.4 Å². The van der Waals surface area contributed by atoms with Crippen molar-refractivity contribution in [3.8, 4) is 0 Å². The zero-order chi connectivity index (χ0) is 18.1. The molecule has 12 heteroatoms. The zero-order valence-corrected chi connectivity index (χ0v) is 20.2. The van der Waals surface area contributed by atoms with Crippen molar-refractivity contribution >= 4 is 57.1 Å². The number of hydrogen-bond donors (Lipinski definition) is 0. The fourth-order valence-corrected chi connectivity index (χ4v) is 16.1. The summed E-state index contributed by atoms with van der Waals surface area (Å²) in [5.41, 5.74) is -0.829. The Morgan fingerprint density at radius 3 is 1.25 bits per heavy atom. The molecule has 24 heavy (non-hydrogen) atoms. The van der Waals surface area contributed by atoms with Crippen molar-refractivity contribution in [2.24, 2.45) is 0 Å². The smallest absolute Gasteiger partial charge is 0.194 e. The van der Waals surface area contributed by atoms with Gasteiger partial charge in [-0.2, -0.15) is 0 Å². The standard InChI is InChI=1S/C12H30O6P2S4/c1-5-15-23(19-21,16-6-2)11-12(14-10-9-13-11)24(20-22,17-7-3)18-8-4/h11-12H,5-10,19-20H2,1-4H3. The second-order valence-electron chi connectivity index (χ2n) is 4.47. The number of ether oxygens (including phenoxy) is 2. The highest BCUT2D eigenvalue weighted by Crippen LogP contribution is 2.75. The molecule has 0 aromatic heterocycles. The van der Waals surface area contributed by atoms with E-state index in [1.807, 2.05) is 27.7 Å². The quantitative estimate of drug-likeness (QED) is 0.409. The molecule has 1 fully saturated rings. The SMILES string of the molecule is CCOS(OCC)([PH2]=S)C1OCCOC1S(OCC)(OCC)[PH2]=S. The monoisotopic (exact) mass is 460 g/mol.